The molecule has 2 nitrogen and oxygen atoms in total. The Balaban J connectivity index is 2.43. The summed E-state index contributed by atoms with van der Waals surface area (Å²) in [7, 11) is 0. The summed E-state index contributed by atoms with van der Waals surface area (Å²) < 4.78 is 0.713. The van der Waals surface area contributed by atoms with Crippen LogP contribution in [0, 0.1) is 11.3 Å². The van der Waals surface area contributed by atoms with Gasteiger partial charge in [-0.3, -0.25) is 4.79 Å². The van der Waals surface area contributed by atoms with Crippen LogP contribution < -0.4 is 0 Å². The minimum Gasteiger partial charge on any atom is -0.291 e. The lowest BCUT2D eigenvalue weighted by Gasteiger charge is -2.09. The molecule has 0 aliphatic carbocycles. The molecule has 0 amide bonds. The van der Waals surface area contributed by atoms with Crippen molar-refractivity contribution in [3.05, 3.63) is 55.6 Å². The van der Waals surface area contributed by atoms with Crippen LogP contribution in [0.25, 0.3) is 0 Å². The SMILES string of the molecule is N#CC(C(=O)c1sccc1Br)c1ccccc1Cl. The molecule has 0 spiro atoms. The van der Waals surface area contributed by atoms with Crippen molar-refractivity contribution in [1.29, 1.82) is 5.26 Å². The summed E-state index contributed by atoms with van der Waals surface area (Å²) in [5.41, 5.74) is 0.548. The fraction of sp³-hybridized carbons (Fsp3) is 0.0769. The first-order valence-electron chi connectivity index (χ1n) is 5.06. The number of ketones is 1. The van der Waals surface area contributed by atoms with E-state index in [2.05, 4.69) is 15.9 Å². The molecule has 1 unspecified atom stereocenters. The second-order valence-corrected chi connectivity index (χ2v) is 5.72. The number of nitriles is 1. The molecule has 0 aliphatic heterocycles. The van der Waals surface area contributed by atoms with E-state index in [1.165, 1.54) is 11.3 Å². The summed E-state index contributed by atoms with van der Waals surface area (Å²) in [5.74, 6) is -1.10. The van der Waals surface area contributed by atoms with Gasteiger partial charge in [0.15, 0.2) is 5.78 Å². The number of rotatable bonds is 3. The average Bonchev–Trinajstić information content (AvgIpc) is 2.78. The molecule has 2 rings (SSSR count). The zero-order valence-corrected chi connectivity index (χ0v) is 12.2. The minimum atomic E-state index is -0.867. The summed E-state index contributed by atoms with van der Waals surface area (Å²) in [6.45, 7) is 0. The molecule has 2 aromatic rings. The fourth-order valence-corrected chi connectivity index (χ4v) is 3.36. The van der Waals surface area contributed by atoms with Crippen LogP contribution in [0.5, 0.6) is 0 Å². The van der Waals surface area contributed by atoms with Gasteiger partial charge < -0.3 is 0 Å². The lowest BCUT2D eigenvalue weighted by atomic mass is 9.95. The number of carbonyl (C=O) groups excluding carboxylic acids is 1. The fourth-order valence-electron chi connectivity index (χ4n) is 1.58. The first-order valence-corrected chi connectivity index (χ1v) is 7.11. The highest BCUT2D eigenvalue weighted by atomic mass is 79.9. The highest BCUT2D eigenvalue weighted by Crippen LogP contribution is 2.31. The van der Waals surface area contributed by atoms with Crippen LogP contribution in [0.15, 0.2) is 40.2 Å². The molecule has 0 fully saturated rings. The molecule has 1 aromatic heterocycles. The number of hydrogen-bond donors (Lipinski definition) is 0. The van der Waals surface area contributed by atoms with E-state index in [-0.39, 0.29) is 5.78 Å². The number of nitrogens with zero attached hydrogens (tertiary/aromatic N) is 1. The van der Waals surface area contributed by atoms with Crippen LogP contribution in [-0.2, 0) is 0 Å². The molecule has 90 valence electrons. The predicted molar refractivity (Wildman–Crippen MR) is 76.2 cm³/mol. The Morgan fingerprint density at radius 1 is 1.39 bits per heavy atom. The van der Waals surface area contributed by atoms with Crippen molar-refractivity contribution < 1.29 is 4.79 Å². The van der Waals surface area contributed by atoms with Gasteiger partial charge in [-0.15, -0.1) is 11.3 Å². The van der Waals surface area contributed by atoms with Gasteiger partial charge in [0.05, 0.1) is 10.9 Å². The molecule has 18 heavy (non-hydrogen) atoms. The summed E-state index contributed by atoms with van der Waals surface area (Å²) in [5, 5.41) is 11.5. The third-order valence-corrected chi connectivity index (χ3v) is 4.64. The minimum absolute atomic E-state index is 0.229. The van der Waals surface area contributed by atoms with Crippen LogP contribution >= 0.6 is 38.9 Å². The van der Waals surface area contributed by atoms with Gasteiger partial charge >= 0.3 is 0 Å². The van der Waals surface area contributed by atoms with Crippen molar-refractivity contribution in [2.75, 3.05) is 0 Å². The largest absolute Gasteiger partial charge is 0.291 e. The molecule has 0 N–H and O–H groups in total. The second-order valence-electron chi connectivity index (χ2n) is 3.55. The highest BCUT2D eigenvalue weighted by molar-refractivity contribution is 9.10. The first kappa shape index (κ1) is 13.3. The normalized spacial score (nSPS) is 11.8. The Morgan fingerprint density at radius 2 is 2.11 bits per heavy atom. The second kappa shape index (κ2) is 5.66. The van der Waals surface area contributed by atoms with Crippen molar-refractivity contribution in [3.8, 4) is 6.07 Å². The van der Waals surface area contributed by atoms with Crippen molar-refractivity contribution in [3.63, 3.8) is 0 Å². The maximum absolute atomic E-state index is 12.3. The smallest absolute Gasteiger partial charge is 0.195 e. The summed E-state index contributed by atoms with van der Waals surface area (Å²) in [6.07, 6.45) is 0. The number of halogens is 2. The van der Waals surface area contributed by atoms with E-state index in [4.69, 9.17) is 11.6 Å². The van der Waals surface area contributed by atoms with Crippen molar-refractivity contribution in [2.45, 2.75) is 5.92 Å². The van der Waals surface area contributed by atoms with E-state index in [0.29, 0.717) is 19.9 Å². The predicted octanol–water partition coefficient (Wildman–Crippen LogP) is 4.65. The molecule has 0 saturated heterocycles. The number of thiophene rings is 1. The van der Waals surface area contributed by atoms with E-state index in [0.717, 1.165) is 0 Å². The van der Waals surface area contributed by atoms with Crippen LogP contribution in [0.2, 0.25) is 5.02 Å². The van der Waals surface area contributed by atoms with Crippen LogP contribution in [0.1, 0.15) is 21.2 Å². The van der Waals surface area contributed by atoms with Crippen LogP contribution in [0.4, 0.5) is 0 Å². The molecule has 1 aromatic carbocycles. The average molecular weight is 341 g/mol. The quantitative estimate of drug-likeness (QED) is 0.763. The Labute approximate surface area is 122 Å². The van der Waals surface area contributed by atoms with Crippen LogP contribution in [-0.4, -0.2) is 5.78 Å². The summed E-state index contributed by atoms with van der Waals surface area (Å²) >= 11 is 10.6. The van der Waals surface area contributed by atoms with Gasteiger partial charge in [0.25, 0.3) is 0 Å². The molecule has 1 heterocycles. The summed E-state index contributed by atoms with van der Waals surface area (Å²) in [4.78, 5) is 12.9. The lowest BCUT2D eigenvalue weighted by molar-refractivity contribution is 0.0982. The van der Waals surface area contributed by atoms with Gasteiger partial charge in [-0.05, 0) is 39.0 Å². The van der Waals surface area contributed by atoms with Gasteiger partial charge in [0, 0.05) is 9.50 Å². The van der Waals surface area contributed by atoms with Gasteiger partial charge in [-0.1, -0.05) is 29.8 Å². The summed E-state index contributed by atoms with van der Waals surface area (Å²) in [6, 6.07) is 10.7. The Bertz CT molecular complexity index is 632. The van der Waals surface area contributed by atoms with Crippen molar-refractivity contribution >= 4 is 44.7 Å². The maximum Gasteiger partial charge on any atom is 0.195 e. The molecule has 5 heteroatoms. The van der Waals surface area contributed by atoms with E-state index in [1.807, 2.05) is 6.07 Å². The van der Waals surface area contributed by atoms with Crippen LogP contribution in [0.3, 0.4) is 0 Å². The first-order chi connectivity index (χ1) is 8.65. The monoisotopic (exact) mass is 339 g/mol. The maximum atomic E-state index is 12.3. The molecule has 0 aliphatic rings. The molecular weight excluding hydrogens is 334 g/mol. The van der Waals surface area contributed by atoms with E-state index < -0.39 is 5.92 Å². The van der Waals surface area contributed by atoms with Crippen molar-refractivity contribution in [2.24, 2.45) is 0 Å². The molecular formula is C13H7BrClNOS. The molecule has 0 saturated carbocycles. The number of hydrogen-bond acceptors (Lipinski definition) is 3. The highest BCUT2D eigenvalue weighted by Gasteiger charge is 2.26. The standard InChI is InChI=1S/C13H7BrClNOS/c14-10-5-6-18-13(10)12(17)9(7-16)8-3-1-2-4-11(8)15/h1-6,9H. The van der Waals surface area contributed by atoms with E-state index >= 15 is 0 Å². The van der Waals surface area contributed by atoms with E-state index in [9.17, 15) is 10.1 Å². The molecule has 0 radical (unpaired) electrons. The Hall–Kier alpha value is -1.15. The Kier molecular flexibility index (Phi) is 4.18. The Morgan fingerprint density at radius 3 is 2.67 bits per heavy atom. The van der Waals surface area contributed by atoms with Gasteiger partial charge in [-0.25, -0.2) is 0 Å². The third-order valence-electron chi connectivity index (χ3n) is 2.45. The topological polar surface area (TPSA) is 40.9 Å². The third kappa shape index (κ3) is 2.49. The number of Topliss-reactive ketones (excluding diaryl/α,β-unsaturated/α-hetero) is 1. The van der Waals surface area contributed by atoms with E-state index in [1.54, 1.807) is 35.7 Å². The van der Waals surface area contributed by atoms with Gasteiger partial charge in [0.1, 0.15) is 5.92 Å². The zero-order chi connectivity index (χ0) is 13.1. The lowest BCUT2D eigenvalue weighted by Crippen LogP contribution is -2.10. The van der Waals surface area contributed by atoms with Crippen molar-refractivity contribution in [1.82, 2.24) is 0 Å². The molecule has 1 atom stereocenters. The molecule has 0 bridgehead atoms. The van der Waals surface area contributed by atoms with Gasteiger partial charge in [0.2, 0.25) is 0 Å². The number of carbonyl (C=O) groups is 1. The number of benzene rings is 1. The zero-order valence-electron chi connectivity index (χ0n) is 9.06. The van der Waals surface area contributed by atoms with Gasteiger partial charge in [-0.2, -0.15) is 5.26 Å².